The van der Waals surface area contributed by atoms with Crippen LogP contribution in [0.2, 0.25) is 0 Å². The van der Waals surface area contributed by atoms with E-state index in [1.807, 2.05) is 43.6 Å². The maximum Gasteiger partial charge on any atom is 0.228 e. The number of hydrogen-bond acceptors (Lipinski definition) is 2. The first-order valence-corrected chi connectivity index (χ1v) is 6.79. The predicted molar refractivity (Wildman–Crippen MR) is 79.1 cm³/mol. The maximum absolute atomic E-state index is 12.2. The molecule has 1 N–H and O–H groups in total. The fraction of sp³-hybridized carbons (Fsp3) is 0.250. The molecule has 0 atom stereocenters. The summed E-state index contributed by atoms with van der Waals surface area (Å²) in [6.45, 7) is 0. The molecule has 4 nitrogen and oxygen atoms in total. The van der Waals surface area contributed by atoms with Crippen molar-refractivity contribution in [3.8, 4) is 11.3 Å². The van der Waals surface area contributed by atoms with Crippen LogP contribution in [0.15, 0.2) is 48.7 Å². The van der Waals surface area contributed by atoms with Crippen molar-refractivity contribution in [1.82, 2.24) is 9.78 Å². The zero-order valence-electron chi connectivity index (χ0n) is 11.4. The average molecular weight is 267 g/mol. The number of aromatic nitrogens is 2. The number of amides is 1. The second-order valence-corrected chi connectivity index (χ2v) is 5.06. The van der Waals surface area contributed by atoms with E-state index in [0.717, 1.165) is 29.8 Å². The number of rotatable bonds is 3. The van der Waals surface area contributed by atoms with Crippen LogP contribution in [-0.4, -0.2) is 15.7 Å². The average Bonchev–Trinajstić information content (AvgIpc) is 3.09. The van der Waals surface area contributed by atoms with Crippen molar-refractivity contribution in [2.45, 2.75) is 12.8 Å². The van der Waals surface area contributed by atoms with E-state index >= 15 is 0 Å². The van der Waals surface area contributed by atoms with E-state index in [-0.39, 0.29) is 11.8 Å². The molecule has 0 radical (unpaired) electrons. The zero-order chi connectivity index (χ0) is 13.9. The summed E-state index contributed by atoms with van der Waals surface area (Å²) in [5.74, 6) is 0.124. The van der Waals surface area contributed by atoms with Gasteiger partial charge in [-0.2, -0.15) is 5.10 Å². The Morgan fingerprint density at radius 3 is 2.65 bits per heavy atom. The SMILES string of the molecule is Cn1cc(NC(=O)C2CC=CC2)c(-c2ccccc2)n1. The standard InChI is InChI=1S/C16H17N3O/c1-19-11-14(17-16(20)13-9-5-6-10-13)15(18-19)12-7-3-2-4-8-12/h2-8,11,13H,9-10H2,1H3,(H,17,20). The van der Waals surface area contributed by atoms with E-state index in [1.54, 1.807) is 4.68 Å². The summed E-state index contributed by atoms with van der Waals surface area (Å²) in [6.07, 6.45) is 7.62. The number of allylic oxidation sites excluding steroid dienone is 2. The van der Waals surface area contributed by atoms with Gasteiger partial charge in [-0.3, -0.25) is 9.48 Å². The summed E-state index contributed by atoms with van der Waals surface area (Å²) in [7, 11) is 1.86. The highest BCUT2D eigenvalue weighted by Gasteiger charge is 2.21. The molecule has 3 rings (SSSR count). The Kier molecular flexibility index (Phi) is 3.37. The maximum atomic E-state index is 12.2. The van der Waals surface area contributed by atoms with Gasteiger partial charge in [-0.1, -0.05) is 42.5 Å². The molecule has 1 aliphatic carbocycles. The minimum Gasteiger partial charge on any atom is -0.323 e. The normalized spacial score (nSPS) is 14.7. The third-order valence-electron chi connectivity index (χ3n) is 3.51. The van der Waals surface area contributed by atoms with Gasteiger partial charge in [0.25, 0.3) is 0 Å². The van der Waals surface area contributed by atoms with Gasteiger partial charge in [0, 0.05) is 24.7 Å². The molecule has 0 bridgehead atoms. The zero-order valence-corrected chi connectivity index (χ0v) is 11.4. The van der Waals surface area contributed by atoms with Crippen molar-refractivity contribution < 1.29 is 4.79 Å². The summed E-state index contributed by atoms with van der Waals surface area (Å²) < 4.78 is 1.73. The number of carbonyl (C=O) groups is 1. The molecule has 0 saturated heterocycles. The third kappa shape index (κ3) is 2.50. The highest BCUT2D eigenvalue weighted by molar-refractivity contribution is 5.96. The molecule has 102 valence electrons. The Bertz CT molecular complexity index is 635. The lowest BCUT2D eigenvalue weighted by molar-refractivity contribution is -0.119. The molecular formula is C16H17N3O. The lowest BCUT2D eigenvalue weighted by Crippen LogP contribution is -2.20. The monoisotopic (exact) mass is 267 g/mol. The summed E-state index contributed by atoms with van der Waals surface area (Å²) in [5.41, 5.74) is 2.59. The second-order valence-electron chi connectivity index (χ2n) is 5.06. The van der Waals surface area contributed by atoms with Crippen molar-refractivity contribution in [3.05, 3.63) is 48.7 Å². The van der Waals surface area contributed by atoms with Crippen molar-refractivity contribution in [3.63, 3.8) is 0 Å². The third-order valence-corrected chi connectivity index (χ3v) is 3.51. The van der Waals surface area contributed by atoms with E-state index in [9.17, 15) is 4.79 Å². The van der Waals surface area contributed by atoms with Crippen LogP contribution in [0.5, 0.6) is 0 Å². The highest BCUT2D eigenvalue weighted by Crippen LogP contribution is 2.27. The molecule has 0 unspecified atom stereocenters. The Morgan fingerprint density at radius 2 is 1.95 bits per heavy atom. The van der Waals surface area contributed by atoms with Gasteiger partial charge in [-0.05, 0) is 12.8 Å². The number of anilines is 1. The van der Waals surface area contributed by atoms with E-state index in [0.29, 0.717) is 0 Å². The minimum absolute atomic E-state index is 0.0545. The predicted octanol–water partition coefficient (Wildman–Crippen LogP) is 2.99. The van der Waals surface area contributed by atoms with Gasteiger partial charge in [0.05, 0.1) is 5.69 Å². The summed E-state index contributed by atoms with van der Waals surface area (Å²) >= 11 is 0. The number of nitrogens with zero attached hydrogens (tertiary/aromatic N) is 2. The quantitative estimate of drug-likeness (QED) is 0.869. The first kappa shape index (κ1) is 12.7. The van der Waals surface area contributed by atoms with Gasteiger partial charge < -0.3 is 5.32 Å². The van der Waals surface area contributed by atoms with Gasteiger partial charge >= 0.3 is 0 Å². The first-order valence-electron chi connectivity index (χ1n) is 6.79. The molecule has 0 fully saturated rings. The second kappa shape index (κ2) is 5.33. The summed E-state index contributed by atoms with van der Waals surface area (Å²) in [6, 6.07) is 9.89. The number of benzene rings is 1. The van der Waals surface area contributed by atoms with Gasteiger partial charge in [-0.15, -0.1) is 0 Å². The van der Waals surface area contributed by atoms with Gasteiger partial charge in [0.2, 0.25) is 5.91 Å². The van der Waals surface area contributed by atoms with Crippen LogP contribution in [0.4, 0.5) is 5.69 Å². The number of hydrogen-bond donors (Lipinski definition) is 1. The number of aryl methyl sites for hydroxylation is 1. The largest absolute Gasteiger partial charge is 0.323 e. The van der Waals surface area contributed by atoms with Crippen LogP contribution in [0.1, 0.15) is 12.8 Å². The lowest BCUT2D eigenvalue weighted by Gasteiger charge is -2.10. The number of nitrogens with one attached hydrogen (secondary N) is 1. The van der Waals surface area contributed by atoms with Gasteiger partial charge in [-0.25, -0.2) is 0 Å². The van der Waals surface area contributed by atoms with Crippen LogP contribution < -0.4 is 5.32 Å². The highest BCUT2D eigenvalue weighted by atomic mass is 16.1. The molecule has 1 aromatic carbocycles. The van der Waals surface area contributed by atoms with E-state index in [1.165, 1.54) is 0 Å². The summed E-state index contributed by atoms with van der Waals surface area (Å²) in [5, 5.41) is 7.46. The van der Waals surface area contributed by atoms with Crippen molar-refractivity contribution in [1.29, 1.82) is 0 Å². The smallest absolute Gasteiger partial charge is 0.228 e. The van der Waals surface area contributed by atoms with Crippen molar-refractivity contribution in [2.75, 3.05) is 5.32 Å². The van der Waals surface area contributed by atoms with E-state index in [4.69, 9.17) is 0 Å². The van der Waals surface area contributed by atoms with Crippen LogP contribution in [0.25, 0.3) is 11.3 Å². The van der Waals surface area contributed by atoms with Crippen LogP contribution in [-0.2, 0) is 11.8 Å². The van der Waals surface area contributed by atoms with Gasteiger partial charge in [0.1, 0.15) is 5.69 Å². The molecule has 1 aliphatic rings. The molecule has 1 heterocycles. The molecule has 1 amide bonds. The van der Waals surface area contributed by atoms with E-state index in [2.05, 4.69) is 22.6 Å². The molecule has 1 aromatic heterocycles. The lowest BCUT2D eigenvalue weighted by atomic mass is 10.1. The topological polar surface area (TPSA) is 46.9 Å². The van der Waals surface area contributed by atoms with E-state index < -0.39 is 0 Å². The first-order chi connectivity index (χ1) is 9.74. The molecule has 2 aromatic rings. The minimum atomic E-state index is 0.0545. The fourth-order valence-electron chi connectivity index (χ4n) is 2.46. The molecule has 20 heavy (non-hydrogen) atoms. The molecule has 0 saturated carbocycles. The van der Waals surface area contributed by atoms with Crippen LogP contribution >= 0.6 is 0 Å². The Labute approximate surface area is 118 Å². The van der Waals surface area contributed by atoms with Crippen molar-refractivity contribution >= 4 is 11.6 Å². The van der Waals surface area contributed by atoms with Crippen LogP contribution in [0, 0.1) is 5.92 Å². The fourth-order valence-corrected chi connectivity index (χ4v) is 2.46. The number of carbonyl (C=O) groups excluding carboxylic acids is 1. The molecule has 0 spiro atoms. The Balaban J connectivity index is 1.85. The Hall–Kier alpha value is -2.36. The van der Waals surface area contributed by atoms with Gasteiger partial charge in [0.15, 0.2) is 0 Å². The molecular weight excluding hydrogens is 250 g/mol. The molecule has 4 heteroatoms. The Morgan fingerprint density at radius 1 is 1.25 bits per heavy atom. The van der Waals surface area contributed by atoms with Crippen molar-refractivity contribution in [2.24, 2.45) is 13.0 Å². The van der Waals surface area contributed by atoms with Crippen LogP contribution in [0.3, 0.4) is 0 Å². The molecule has 0 aliphatic heterocycles. The summed E-state index contributed by atoms with van der Waals surface area (Å²) in [4.78, 5) is 12.2.